The van der Waals surface area contributed by atoms with E-state index in [0.29, 0.717) is 18.3 Å². The Hall–Kier alpha value is -1.92. The highest BCUT2D eigenvalue weighted by Gasteiger charge is 2.21. The van der Waals surface area contributed by atoms with Crippen LogP contribution in [0.25, 0.3) is 11.5 Å². The Morgan fingerprint density at radius 2 is 2.17 bits per heavy atom. The summed E-state index contributed by atoms with van der Waals surface area (Å²) in [5.41, 5.74) is 2.09. The fourth-order valence-electron chi connectivity index (χ4n) is 2.69. The van der Waals surface area contributed by atoms with Crippen molar-refractivity contribution < 1.29 is 9.32 Å². The predicted octanol–water partition coefficient (Wildman–Crippen LogP) is 2.13. The molecule has 1 aromatic carbocycles. The second-order valence-corrected chi connectivity index (χ2v) is 5.76. The lowest BCUT2D eigenvalue weighted by Gasteiger charge is -2.11. The molecule has 3 rings (SSSR count). The standard InChI is InChI=1S/C17H22N4O2.ClH/c1-2-15-20-17(23-21-15)13-7-5-12(6-8-13)9-11-19-16(22)14-4-3-10-18-14;/h5-8,14,18H,2-4,9-11H2,1H3,(H,19,22);1H. The Kier molecular flexibility index (Phi) is 6.75. The van der Waals surface area contributed by atoms with E-state index in [-0.39, 0.29) is 24.4 Å². The van der Waals surface area contributed by atoms with Gasteiger partial charge in [-0.1, -0.05) is 24.2 Å². The van der Waals surface area contributed by atoms with Crippen LogP contribution in [0.3, 0.4) is 0 Å². The molecule has 0 spiro atoms. The van der Waals surface area contributed by atoms with Gasteiger partial charge in [0, 0.05) is 18.5 Å². The molecule has 1 unspecified atom stereocenters. The number of aromatic nitrogens is 2. The van der Waals surface area contributed by atoms with E-state index in [9.17, 15) is 4.79 Å². The molecule has 1 fully saturated rings. The Morgan fingerprint density at radius 1 is 1.38 bits per heavy atom. The lowest BCUT2D eigenvalue weighted by molar-refractivity contribution is -0.122. The molecule has 6 nitrogen and oxygen atoms in total. The van der Waals surface area contributed by atoms with Crippen molar-refractivity contribution in [1.82, 2.24) is 20.8 Å². The second-order valence-electron chi connectivity index (χ2n) is 5.76. The SMILES string of the molecule is CCc1noc(-c2ccc(CCNC(=O)C3CCCN3)cc2)n1.Cl. The first-order valence-electron chi connectivity index (χ1n) is 8.19. The van der Waals surface area contributed by atoms with Crippen LogP contribution in [-0.2, 0) is 17.6 Å². The molecule has 7 heteroatoms. The van der Waals surface area contributed by atoms with Crippen LogP contribution in [-0.4, -0.2) is 35.2 Å². The molecule has 1 aliphatic rings. The van der Waals surface area contributed by atoms with Crippen LogP contribution in [0.15, 0.2) is 28.8 Å². The minimum absolute atomic E-state index is 0. The summed E-state index contributed by atoms with van der Waals surface area (Å²) in [6.45, 7) is 3.58. The van der Waals surface area contributed by atoms with E-state index in [1.54, 1.807) is 0 Å². The smallest absolute Gasteiger partial charge is 0.257 e. The zero-order valence-corrected chi connectivity index (χ0v) is 14.6. The number of hydrogen-bond acceptors (Lipinski definition) is 5. The summed E-state index contributed by atoms with van der Waals surface area (Å²) in [7, 11) is 0. The average Bonchev–Trinajstić information content (AvgIpc) is 3.27. The van der Waals surface area contributed by atoms with Crippen molar-refractivity contribution >= 4 is 18.3 Å². The van der Waals surface area contributed by atoms with Crippen molar-refractivity contribution in [3.63, 3.8) is 0 Å². The van der Waals surface area contributed by atoms with Crippen LogP contribution in [0.2, 0.25) is 0 Å². The molecule has 0 aliphatic carbocycles. The summed E-state index contributed by atoms with van der Waals surface area (Å²) in [6, 6.07) is 8.00. The van der Waals surface area contributed by atoms with Gasteiger partial charge in [-0.05, 0) is 43.5 Å². The van der Waals surface area contributed by atoms with E-state index in [1.165, 1.54) is 5.56 Å². The highest BCUT2D eigenvalue weighted by atomic mass is 35.5. The van der Waals surface area contributed by atoms with Gasteiger partial charge >= 0.3 is 0 Å². The number of carbonyl (C=O) groups excluding carboxylic acids is 1. The molecule has 2 aromatic rings. The summed E-state index contributed by atoms with van der Waals surface area (Å²) in [5, 5.41) is 10.1. The van der Waals surface area contributed by atoms with Gasteiger partial charge in [0.15, 0.2) is 5.82 Å². The fourth-order valence-corrected chi connectivity index (χ4v) is 2.69. The van der Waals surface area contributed by atoms with Gasteiger partial charge in [-0.2, -0.15) is 4.98 Å². The molecule has 1 atom stereocenters. The summed E-state index contributed by atoms with van der Waals surface area (Å²) in [6.07, 6.45) is 3.58. The second kappa shape index (κ2) is 8.80. The monoisotopic (exact) mass is 350 g/mol. The van der Waals surface area contributed by atoms with E-state index in [0.717, 1.165) is 37.8 Å². The van der Waals surface area contributed by atoms with Crippen LogP contribution >= 0.6 is 12.4 Å². The summed E-state index contributed by atoms with van der Waals surface area (Å²) in [5.74, 6) is 1.37. The molecule has 1 amide bonds. The van der Waals surface area contributed by atoms with Gasteiger partial charge in [-0.3, -0.25) is 4.79 Å². The lowest BCUT2D eigenvalue weighted by atomic mass is 10.1. The quantitative estimate of drug-likeness (QED) is 0.834. The Labute approximate surface area is 147 Å². The molecule has 2 N–H and O–H groups in total. The van der Waals surface area contributed by atoms with Crippen LogP contribution in [0.1, 0.15) is 31.2 Å². The highest BCUT2D eigenvalue weighted by molar-refractivity contribution is 5.85. The number of halogens is 1. The summed E-state index contributed by atoms with van der Waals surface area (Å²) < 4.78 is 5.23. The lowest BCUT2D eigenvalue weighted by Crippen LogP contribution is -2.41. The molecule has 0 radical (unpaired) electrons. The van der Waals surface area contributed by atoms with Gasteiger partial charge in [-0.25, -0.2) is 0 Å². The van der Waals surface area contributed by atoms with E-state index in [2.05, 4.69) is 20.8 Å². The molecule has 1 aromatic heterocycles. The third-order valence-electron chi connectivity index (χ3n) is 4.07. The number of carbonyl (C=O) groups is 1. The van der Waals surface area contributed by atoms with E-state index in [1.807, 2.05) is 31.2 Å². The maximum Gasteiger partial charge on any atom is 0.257 e. The van der Waals surface area contributed by atoms with Gasteiger partial charge in [0.05, 0.1) is 6.04 Å². The minimum atomic E-state index is -0.0114. The Bertz CT molecular complexity index is 651. The summed E-state index contributed by atoms with van der Waals surface area (Å²) >= 11 is 0. The van der Waals surface area contributed by atoms with Crippen molar-refractivity contribution in [2.24, 2.45) is 0 Å². The van der Waals surface area contributed by atoms with Crippen LogP contribution in [0.4, 0.5) is 0 Å². The maximum atomic E-state index is 11.9. The molecular weight excluding hydrogens is 328 g/mol. The average molecular weight is 351 g/mol. The van der Waals surface area contributed by atoms with Crippen molar-refractivity contribution in [2.75, 3.05) is 13.1 Å². The molecule has 0 bridgehead atoms. The van der Waals surface area contributed by atoms with Crippen LogP contribution in [0.5, 0.6) is 0 Å². The van der Waals surface area contributed by atoms with Crippen LogP contribution in [0, 0.1) is 0 Å². The van der Waals surface area contributed by atoms with Crippen LogP contribution < -0.4 is 10.6 Å². The zero-order valence-electron chi connectivity index (χ0n) is 13.7. The van der Waals surface area contributed by atoms with Gasteiger partial charge in [0.25, 0.3) is 5.89 Å². The highest BCUT2D eigenvalue weighted by Crippen LogP contribution is 2.18. The van der Waals surface area contributed by atoms with Gasteiger partial charge in [0.2, 0.25) is 5.91 Å². The molecule has 1 saturated heterocycles. The maximum absolute atomic E-state index is 11.9. The van der Waals surface area contributed by atoms with Gasteiger partial charge < -0.3 is 15.2 Å². The largest absolute Gasteiger partial charge is 0.354 e. The predicted molar refractivity (Wildman–Crippen MR) is 94.1 cm³/mol. The van der Waals surface area contributed by atoms with E-state index in [4.69, 9.17) is 4.52 Å². The first kappa shape index (κ1) is 18.4. The van der Waals surface area contributed by atoms with Crippen molar-refractivity contribution in [3.05, 3.63) is 35.7 Å². The number of benzene rings is 1. The topological polar surface area (TPSA) is 80.0 Å². The number of nitrogens with zero attached hydrogens (tertiary/aromatic N) is 2. The number of rotatable bonds is 6. The van der Waals surface area contributed by atoms with Crippen molar-refractivity contribution in [3.8, 4) is 11.5 Å². The number of amides is 1. The normalized spacial score (nSPS) is 16.6. The third-order valence-corrected chi connectivity index (χ3v) is 4.07. The van der Waals surface area contributed by atoms with E-state index < -0.39 is 0 Å². The molecule has 24 heavy (non-hydrogen) atoms. The van der Waals surface area contributed by atoms with Gasteiger partial charge in [-0.15, -0.1) is 12.4 Å². The number of aryl methyl sites for hydroxylation is 1. The minimum Gasteiger partial charge on any atom is -0.354 e. The molecular formula is C17H23ClN4O2. The first-order valence-corrected chi connectivity index (χ1v) is 8.19. The molecule has 2 heterocycles. The van der Waals surface area contributed by atoms with Crippen molar-refractivity contribution in [2.45, 2.75) is 38.6 Å². The number of nitrogens with one attached hydrogen (secondary N) is 2. The first-order chi connectivity index (χ1) is 11.3. The van der Waals surface area contributed by atoms with Gasteiger partial charge in [0.1, 0.15) is 0 Å². The zero-order chi connectivity index (χ0) is 16.1. The Balaban J connectivity index is 0.00000208. The molecule has 0 saturated carbocycles. The Morgan fingerprint density at radius 3 is 2.79 bits per heavy atom. The molecule has 130 valence electrons. The third kappa shape index (κ3) is 4.55. The van der Waals surface area contributed by atoms with E-state index >= 15 is 0 Å². The number of hydrogen-bond donors (Lipinski definition) is 2. The fraction of sp³-hybridized carbons (Fsp3) is 0.471. The molecule has 1 aliphatic heterocycles. The van der Waals surface area contributed by atoms with Crippen molar-refractivity contribution in [1.29, 1.82) is 0 Å². The summed E-state index contributed by atoms with van der Waals surface area (Å²) in [4.78, 5) is 16.2.